The van der Waals surface area contributed by atoms with Crippen molar-refractivity contribution >= 4 is 33.2 Å². The number of nitrogens with zero attached hydrogens (tertiary/aromatic N) is 2. The summed E-state index contributed by atoms with van der Waals surface area (Å²) in [6.45, 7) is 0. The summed E-state index contributed by atoms with van der Waals surface area (Å²) in [6.07, 6.45) is 0. The minimum Gasteiger partial charge on any atom is -0.504 e. The highest BCUT2D eigenvalue weighted by Crippen LogP contribution is 2.56. The molecular formula is C37H28N2O5. The molecule has 216 valence electrons. The number of aromatic nitrogens is 1. The van der Waals surface area contributed by atoms with Crippen LogP contribution in [0.25, 0.3) is 49.7 Å². The average Bonchev–Trinajstić information content (AvgIpc) is 3.40. The second-order valence-electron chi connectivity index (χ2n) is 10.6. The topological polar surface area (TPSA) is 109 Å². The highest BCUT2D eigenvalue weighted by Gasteiger charge is 2.27. The van der Waals surface area contributed by atoms with Crippen molar-refractivity contribution in [2.45, 2.75) is 0 Å². The fourth-order valence-electron chi connectivity index (χ4n) is 6.02. The number of anilines is 2. The Bertz CT molecular complexity index is 2180. The highest BCUT2D eigenvalue weighted by atomic mass is 16.4. The molecule has 0 fully saturated rings. The normalized spacial score (nSPS) is 11.3. The van der Waals surface area contributed by atoms with Crippen LogP contribution < -0.4 is 4.90 Å². The van der Waals surface area contributed by atoms with Crippen LogP contribution in [0.3, 0.4) is 0 Å². The summed E-state index contributed by atoms with van der Waals surface area (Å²) in [7, 11) is 2.04. The molecule has 0 aliphatic carbocycles. The fourth-order valence-corrected chi connectivity index (χ4v) is 6.02. The van der Waals surface area contributed by atoms with Gasteiger partial charge in [0.15, 0.2) is 11.5 Å². The first-order chi connectivity index (χ1) is 21.4. The van der Waals surface area contributed by atoms with Crippen molar-refractivity contribution in [2.24, 2.45) is 0 Å². The molecule has 5 N–H and O–H groups in total. The van der Waals surface area contributed by atoms with E-state index in [4.69, 9.17) is 0 Å². The van der Waals surface area contributed by atoms with Gasteiger partial charge in [-0.05, 0) is 42.0 Å². The number of phenolic OH excluding ortho intramolecular Hbond substituents is 5. The summed E-state index contributed by atoms with van der Waals surface area (Å²) in [5, 5.41) is 54.4. The minimum atomic E-state index is -0.998. The van der Waals surface area contributed by atoms with Gasteiger partial charge in [0.05, 0.1) is 22.3 Å². The second kappa shape index (κ2) is 10.3. The largest absolute Gasteiger partial charge is 0.504 e. The van der Waals surface area contributed by atoms with Gasteiger partial charge in [-0.3, -0.25) is 0 Å². The van der Waals surface area contributed by atoms with Crippen molar-refractivity contribution < 1.29 is 25.5 Å². The summed E-state index contributed by atoms with van der Waals surface area (Å²) in [5.74, 6) is -4.33. The van der Waals surface area contributed by atoms with Gasteiger partial charge in [-0.2, -0.15) is 0 Å². The SMILES string of the molecule is CN(c1ccccc1)c1ccccc1-c1ccc2c3ccccc3n(-c3ccccc3-c3c(O)c(O)c(O)c(O)c3O)c2c1. The van der Waals surface area contributed by atoms with Crippen LogP contribution in [0.1, 0.15) is 0 Å². The molecule has 0 radical (unpaired) electrons. The maximum atomic E-state index is 10.9. The van der Waals surface area contributed by atoms with Gasteiger partial charge in [0.2, 0.25) is 17.2 Å². The lowest BCUT2D eigenvalue weighted by atomic mass is 9.99. The van der Waals surface area contributed by atoms with Gasteiger partial charge in [0, 0.05) is 40.3 Å². The number of benzene rings is 6. The van der Waals surface area contributed by atoms with E-state index in [-0.39, 0.29) is 5.56 Å². The van der Waals surface area contributed by atoms with Gasteiger partial charge >= 0.3 is 0 Å². The molecule has 0 saturated carbocycles. The molecule has 0 bridgehead atoms. The molecule has 0 atom stereocenters. The zero-order valence-electron chi connectivity index (χ0n) is 23.7. The Labute approximate surface area is 253 Å². The summed E-state index contributed by atoms with van der Waals surface area (Å²) in [5.41, 5.74) is 6.59. The predicted octanol–water partition coefficient (Wildman–Crippen LogP) is 8.41. The number of para-hydroxylation sites is 4. The third-order valence-corrected chi connectivity index (χ3v) is 8.18. The van der Waals surface area contributed by atoms with E-state index in [9.17, 15) is 25.5 Å². The first kappa shape index (κ1) is 26.8. The van der Waals surface area contributed by atoms with Gasteiger partial charge in [0.25, 0.3) is 0 Å². The third-order valence-electron chi connectivity index (χ3n) is 8.18. The van der Waals surface area contributed by atoms with E-state index < -0.39 is 28.7 Å². The number of hydrogen-bond donors (Lipinski definition) is 5. The van der Waals surface area contributed by atoms with Gasteiger partial charge < -0.3 is 35.0 Å². The Balaban J connectivity index is 1.50. The Morgan fingerprint density at radius 1 is 0.500 bits per heavy atom. The van der Waals surface area contributed by atoms with Crippen LogP contribution in [0.5, 0.6) is 28.7 Å². The highest BCUT2D eigenvalue weighted by molar-refractivity contribution is 6.11. The molecule has 0 spiro atoms. The van der Waals surface area contributed by atoms with E-state index in [0.717, 1.165) is 44.3 Å². The Morgan fingerprint density at radius 2 is 1.07 bits per heavy atom. The van der Waals surface area contributed by atoms with Crippen LogP contribution in [-0.4, -0.2) is 37.1 Å². The van der Waals surface area contributed by atoms with Crippen LogP contribution in [0.15, 0.2) is 121 Å². The summed E-state index contributed by atoms with van der Waals surface area (Å²) in [4.78, 5) is 2.15. The lowest BCUT2D eigenvalue weighted by Gasteiger charge is -2.23. The Hall–Kier alpha value is -6.08. The molecule has 0 aliphatic rings. The molecule has 1 aromatic heterocycles. The fraction of sp³-hybridized carbons (Fsp3) is 0.0270. The number of aromatic hydroxyl groups is 5. The summed E-state index contributed by atoms with van der Waals surface area (Å²) < 4.78 is 2.03. The summed E-state index contributed by atoms with van der Waals surface area (Å²) in [6, 6.07) is 39.7. The van der Waals surface area contributed by atoms with Crippen LogP contribution in [-0.2, 0) is 0 Å². The van der Waals surface area contributed by atoms with E-state index >= 15 is 0 Å². The van der Waals surface area contributed by atoms with Crippen molar-refractivity contribution in [3.63, 3.8) is 0 Å². The van der Waals surface area contributed by atoms with Crippen molar-refractivity contribution in [2.75, 3.05) is 11.9 Å². The molecule has 0 aliphatic heterocycles. The molecule has 6 aromatic carbocycles. The number of hydrogen-bond acceptors (Lipinski definition) is 6. The van der Waals surface area contributed by atoms with Crippen LogP contribution >= 0.6 is 0 Å². The zero-order chi connectivity index (χ0) is 30.5. The van der Waals surface area contributed by atoms with E-state index in [1.807, 2.05) is 78.3 Å². The molecule has 0 unspecified atom stereocenters. The predicted molar refractivity (Wildman–Crippen MR) is 174 cm³/mol. The zero-order valence-corrected chi connectivity index (χ0v) is 23.7. The quantitative estimate of drug-likeness (QED) is 0.103. The molecule has 0 saturated heterocycles. The van der Waals surface area contributed by atoms with E-state index in [0.29, 0.717) is 11.3 Å². The molecule has 1 heterocycles. The monoisotopic (exact) mass is 580 g/mol. The summed E-state index contributed by atoms with van der Waals surface area (Å²) >= 11 is 0. The van der Waals surface area contributed by atoms with Crippen LogP contribution in [0.2, 0.25) is 0 Å². The maximum absolute atomic E-state index is 10.9. The number of phenols is 5. The average molecular weight is 581 g/mol. The van der Waals surface area contributed by atoms with Crippen molar-refractivity contribution in [1.82, 2.24) is 4.57 Å². The first-order valence-electron chi connectivity index (χ1n) is 14.1. The van der Waals surface area contributed by atoms with Crippen molar-refractivity contribution in [3.05, 3.63) is 121 Å². The first-order valence-corrected chi connectivity index (χ1v) is 14.1. The second-order valence-corrected chi connectivity index (χ2v) is 10.6. The Morgan fingerprint density at radius 3 is 1.82 bits per heavy atom. The Kier molecular flexibility index (Phi) is 6.29. The molecule has 7 aromatic rings. The number of fused-ring (bicyclic) bond motifs is 3. The van der Waals surface area contributed by atoms with Gasteiger partial charge in [-0.1, -0.05) is 84.9 Å². The van der Waals surface area contributed by atoms with E-state index in [1.54, 1.807) is 12.1 Å². The molecule has 7 nitrogen and oxygen atoms in total. The minimum absolute atomic E-state index is 0.203. The molecule has 44 heavy (non-hydrogen) atoms. The van der Waals surface area contributed by atoms with Crippen LogP contribution in [0, 0.1) is 0 Å². The van der Waals surface area contributed by atoms with Crippen molar-refractivity contribution in [3.8, 4) is 56.7 Å². The van der Waals surface area contributed by atoms with Crippen molar-refractivity contribution in [1.29, 1.82) is 0 Å². The van der Waals surface area contributed by atoms with Gasteiger partial charge in [0.1, 0.15) is 0 Å². The standard InChI is InChI=1S/C37H28N2O5/c1-38(23-11-3-2-4-12-23)28-16-8-5-13-24(28)22-19-20-26-25-14-6-9-17-29(25)39(31(26)21-22)30-18-10-7-15-27(30)32-33(40)35(42)37(44)36(43)34(32)41/h2-21,40-44H,1H3. The molecule has 7 heteroatoms. The smallest absolute Gasteiger partial charge is 0.208 e. The van der Waals surface area contributed by atoms with Crippen LogP contribution in [0.4, 0.5) is 11.4 Å². The molecule has 7 rings (SSSR count). The van der Waals surface area contributed by atoms with Gasteiger partial charge in [-0.25, -0.2) is 0 Å². The lowest BCUT2D eigenvalue weighted by molar-refractivity contribution is 0.330. The molecule has 0 amide bonds. The lowest BCUT2D eigenvalue weighted by Crippen LogP contribution is -2.10. The third kappa shape index (κ3) is 4.06. The van der Waals surface area contributed by atoms with E-state index in [2.05, 4.69) is 47.4 Å². The van der Waals surface area contributed by atoms with Gasteiger partial charge in [-0.15, -0.1) is 0 Å². The number of rotatable bonds is 5. The molecular weight excluding hydrogens is 552 g/mol. The maximum Gasteiger partial charge on any atom is 0.208 e. The van der Waals surface area contributed by atoms with E-state index in [1.165, 1.54) is 0 Å².